The Kier molecular flexibility index (Phi) is 6.00. The lowest BCUT2D eigenvalue weighted by molar-refractivity contribution is 0.392. The zero-order valence-electron chi connectivity index (χ0n) is 11.3. The minimum atomic E-state index is -0.0571. The number of ether oxygens (including phenoxy) is 2. The average Bonchev–Trinajstić information content (AvgIpc) is 2.46. The van der Waals surface area contributed by atoms with Gasteiger partial charge < -0.3 is 9.47 Å². The molecule has 0 N–H and O–H groups in total. The van der Waals surface area contributed by atoms with E-state index in [0.29, 0.717) is 16.5 Å². The first-order chi connectivity index (χ1) is 9.99. The van der Waals surface area contributed by atoms with Crippen molar-refractivity contribution in [3.8, 4) is 11.5 Å². The Balaban J connectivity index is 2.52. The van der Waals surface area contributed by atoms with Gasteiger partial charge in [-0.05, 0) is 23.8 Å². The molecule has 0 amide bonds. The van der Waals surface area contributed by atoms with E-state index in [2.05, 4.69) is 47.8 Å². The SMILES string of the molecule is COc1ccc(C(Br)c2ccc(Br)cc2Br)c(OC)c1Cl. The molecule has 2 aromatic carbocycles. The summed E-state index contributed by atoms with van der Waals surface area (Å²) >= 11 is 17.1. The molecule has 0 saturated carbocycles. The van der Waals surface area contributed by atoms with E-state index in [0.717, 1.165) is 20.1 Å². The molecule has 0 saturated heterocycles. The number of rotatable bonds is 4. The second-order valence-electron chi connectivity index (χ2n) is 4.23. The molecule has 0 aromatic heterocycles. The largest absolute Gasteiger partial charge is 0.495 e. The quantitative estimate of drug-likeness (QED) is 0.456. The van der Waals surface area contributed by atoms with E-state index < -0.39 is 0 Å². The lowest BCUT2D eigenvalue weighted by Gasteiger charge is -2.18. The van der Waals surface area contributed by atoms with Crippen LogP contribution in [0.15, 0.2) is 39.3 Å². The zero-order chi connectivity index (χ0) is 15.6. The molecule has 6 heteroatoms. The second-order valence-corrected chi connectivity index (χ2v) is 7.30. The van der Waals surface area contributed by atoms with Crippen LogP contribution >= 0.6 is 59.4 Å². The van der Waals surface area contributed by atoms with Crippen molar-refractivity contribution in [1.82, 2.24) is 0 Å². The summed E-state index contributed by atoms with van der Waals surface area (Å²) < 4.78 is 12.7. The maximum Gasteiger partial charge on any atom is 0.145 e. The van der Waals surface area contributed by atoms with Crippen LogP contribution < -0.4 is 9.47 Å². The smallest absolute Gasteiger partial charge is 0.145 e. The van der Waals surface area contributed by atoms with Crippen molar-refractivity contribution in [3.63, 3.8) is 0 Å². The van der Waals surface area contributed by atoms with Crippen LogP contribution in [0, 0.1) is 0 Å². The summed E-state index contributed by atoms with van der Waals surface area (Å²) in [7, 11) is 3.18. The van der Waals surface area contributed by atoms with E-state index in [4.69, 9.17) is 21.1 Å². The molecule has 2 nitrogen and oxygen atoms in total. The van der Waals surface area contributed by atoms with Crippen molar-refractivity contribution < 1.29 is 9.47 Å². The summed E-state index contributed by atoms with van der Waals surface area (Å²) in [6.07, 6.45) is 0. The Bertz CT molecular complexity index is 662. The minimum Gasteiger partial charge on any atom is -0.495 e. The van der Waals surface area contributed by atoms with Gasteiger partial charge in [-0.2, -0.15) is 0 Å². The normalized spacial score (nSPS) is 12.1. The van der Waals surface area contributed by atoms with Gasteiger partial charge in [0.1, 0.15) is 16.5 Å². The molecule has 1 unspecified atom stereocenters. The highest BCUT2D eigenvalue weighted by atomic mass is 79.9. The molecule has 0 aliphatic rings. The fraction of sp³-hybridized carbons (Fsp3) is 0.200. The highest BCUT2D eigenvalue weighted by Gasteiger charge is 2.21. The first kappa shape index (κ1) is 17.1. The van der Waals surface area contributed by atoms with Gasteiger partial charge in [0.15, 0.2) is 0 Å². The van der Waals surface area contributed by atoms with E-state index >= 15 is 0 Å². The average molecular weight is 499 g/mol. The monoisotopic (exact) mass is 496 g/mol. The third-order valence-electron chi connectivity index (χ3n) is 3.02. The summed E-state index contributed by atoms with van der Waals surface area (Å²) in [6.45, 7) is 0. The second kappa shape index (κ2) is 7.36. The van der Waals surface area contributed by atoms with Gasteiger partial charge in [0.2, 0.25) is 0 Å². The number of hydrogen-bond donors (Lipinski definition) is 0. The Morgan fingerprint density at radius 2 is 1.67 bits per heavy atom. The third kappa shape index (κ3) is 3.58. The van der Waals surface area contributed by atoms with Crippen molar-refractivity contribution in [2.75, 3.05) is 14.2 Å². The molecule has 0 aliphatic heterocycles. The fourth-order valence-electron chi connectivity index (χ4n) is 1.99. The van der Waals surface area contributed by atoms with Gasteiger partial charge in [0.25, 0.3) is 0 Å². The van der Waals surface area contributed by atoms with E-state index in [1.54, 1.807) is 14.2 Å². The molecule has 21 heavy (non-hydrogen) atoms. The summed E-state index contributed by atoms with van der Waals surface area (Å²) in [4.78, 5) is -0.0571. The predicted octanol–water partition coefficient (Wildman–Crippen LogP) is 6.37. The maximum atomic E-state index is 6.32. The molecule has 2 rings (SSSR count). The lowest BCUT2D eigenvalue weighted by Crippen LogP contribution is -2.00. The summed E-state index contributed by atoms with van der Waals surface area (Å²) in [5.41, 5.74) is 2.02. The van der Waals surface area contributed by atoms with Crippen LogP contribution in [0.1, 0.15) is 16.0 Å². The first-order valence-corrected chi connectivity index (χ1v) is 8.87. The highest BCUT2D eigenvalue weighted by molar-refractivity contribution is 9.11. The molecule has 0 aliphatic carbocycles. The Morgan fingerprint density at radius 1 is 1.00 bits per heavy atom. The molecule has 0 fully saturated rings. The lowest BCUT2D eigenvalue weighted by atomic mass is 10.0. The van der Waals surface area contributed by atoms with Gasteiger partial charge in [0.05, 0.1) is 19.0 Å². The summed E-state index contributed by atoms with van der Waals surface area (Å²) in [5.74, 6) is 1.19. The number of halogens is 4. The maximum absolute atomic E-state index is 6.32. The van der Waals surface area contributed by atoms with Crippen LogP contribution in [-0.4, -0.2) is 14.2 Å². The fourth-order valence-corrected chi connectivity index (χ4v) is 4.66. The minimum absolute atomic E-state index is 0.0571. The van der Waals surface area contributed by atoms with Crippen molar-refractivity contribution in [2.24, 2.45) is 0 Å². The molecule has 0 heterocycles. The number of alkyl halides is 1. The van der Waals surface area contributed by atoms with E-state index in [9.17, 15) is 0 Å². The van der Waals surface area contributed by atoms with Gasteiger partial charge in [-0.1, -0.05) is 71.5 Å². The summed E-state index contributed by atoms with van der Waals surface area (Å²) in [5, 5.41) is 0.468. The zero-order valence-corrected chi connectivity index (χ0v) is 16.8. The van der Waals surface area contributed by atoms with Gasteiger partial charge in [0, 0.05) is 14.5 Å². The van der Waals surface area contributed by atoms with Crippen LogP contribution in [-0.2, 0) is 0 Å². The van der Waals surface area contributed by atoms with Gasteiger partial charge in [-0.25, -0.2) is 0 Å². The standard InChI is InChI=1S/C15H12Br3ClO2/c1-20-12-6-5-10(15(21-2)14(12)19)13(18)9-4-3-8(16)7-11(9)17/h3-7,13H,1-2H3. The molecule has 2 aromatic rings. The van der Waals surface area contributed by atoms with Crippen LogP contribution in [0.25, 0.3) is 0 Å². The number of hydrogen-bond acceptors (Lipinski definition) is 2. The van der Waals surface area contributed by atoms with E-state index in [1.807, 2.05) is 30.3 Å². The molecule has 0 spiro atoms. The Morgan fingerprint density at radius 3 is 2.24 bits per heavy atom. The van der Waals surface area contributed by atoms with Gasteiger partial charge in [-0.3, -0.25) is 0 Å². The van der Waals surface area contributed by atoms with Crippen LogP contribution in [0.5, 0.6) is 11.5 Å². The van der Waals surface area contributed by atoms with Gasteiger partial charge >= 0.3 is 0 Å². The Labute approximate surface area is 154 Å². The molecular formula is C15H12Br3ClO2. The third-order valence-corrected chi connectivity index (χ3v) is 5.55. The number of benzene rings is 2. The predicted molar refractivity (Wildman–Crippen MR) is 97.2 cm³/mol. The van der Waals surface area contributed by atoms with Crippen molar-refractivity contribution >= 4 is 59.4 Å². The molecule has 1 atom stereocenters. The van der Waals surface area contributed by atoms with Crippen molar-refractivity contribution in [1.29, 1.82) is 0 Å². The molecule has 0 bridgehead atoms. The highest BCUT2D eigenvalue weighted by Crippen LogP contribution is 2.45. The van der Waals surface area contributed by atoms with Crippen molar-refractivity contribution in [2.45, 2.75) is 4.83 Å². The molecule has 112 valence electrons. The first-order valence-electron chi connectivity index (χ1n) is 5.99. The van der Waals surface area contributed by atoms with Crippen LogP contribution in [0.4, 0.5) is 0 Å². The van der Waals surface area contributed by atoms with Crippen LogP contribution in [0.2, 0.25) is 5.02 Å². The van der Waals surface area contributed by atoms with Crippen molar-refractivity contribution in [3.05, 3.63) is 55.4 Å². The number of methoxy groups -OCH3 is 2. The van der Waals surface area contributed by atoms with E-state index in [-0.39, 0.29) is 4.83 Å². The topological polar surface area (TPSA) is 18.5 Å². The van der Waals surface area contributed by atoms with Gasteiger partial charge in [-0.15, -0.1) is 0 Å². The molecule has 0 radical (unpaired) electrons. The Hall–Kier alpha value is -0.230. The summed E-state index contributed by atoms with van der Waals surface area (Å²) in [6, 6.07) is 9.80. The molecular weight excluding hydrogens is 487 g/mol. The van der Waals surface area contributed by atoms with E-state index in [1.165, 1.54) is 0 Å². The van der Waals surface area contributed by atoms with Crippen LogP contribution in [0.3, 0.4) is 0 Å².